The Morgan fingerprint density at radius 2 is 1.37 bits per heavy atom. The van der Waals surface area contributed by atoms with Gasteiger partial charge in [0.15, 0.2) is 0 Å². The first-order valence-electron chi connectivity index (χ1n) is 9.14. The van der Waals surface area contributed by atoms with Gasteiger partial charge in [-0.3, -0.25) is 0 Å². The van der Waals surface area contributed by atoms with E-state index in [1.54, 1.807) is 4.68 Å². The normalized spacial score (nSPS) is 17.9. The largest absolute Gasteiger partial charge is 0.351 e. The van der Waals surface area contributed by atoms with Crippen LogP contribution in [0.25, 0.3) is 5.70 Å². The Balaban J connectivity index is 1.89. The van der Waals surface area contributed by atoms with Gasteiger partial charge in [-0.1, -0.05) is 67.2 Å². The topological polar surface area (TPSA) is 48.9 Å². The Hall–Kier alpha value is -3.08. The Kier molecular flexibility index (Phi) is 4.02. The van der Waals surface area contributed by atoms with Crippen LogP contribution in [0.15, 0.2) is 76.8 Å². The number of rotatable bonds is 4. The molecule has 1 unspecified atom stereocenters. The molecule has 27 heavy (non-hydrogen) atoms. The minimum Gasteiger partial charge on any atom is -0.246 e. The molecule has 2 aromatic carbocycles. The van der Waals surface area contributed by atoms with E-state index in [1.807, 2.05) is 43.3 Å². The van der Waals surface area contributed by atoms with Gasteiger partial charge in [0.25, 0.3) is 0 Å². The molecular formula is C22H23N3O2. The van der Waals surface area contributed by atoms with Gasteiger partial charge in [-0.15, -0.1) is 0 Å². The molecule has 5 heteroatoms. The molecular weight excluding hydrogens is 338 g/mol. The van der Waals surface area contributed by atoms with E-state index in [-0.39, 0.29) is 17.4 Å². The predicted molar refractivity (Wildman–Crippen MR) is 107 cm³/mol. The van der Waals surface area contributed by atoms with Gasteiger partial charge in [-0.2, -0.15) is 0 Å². The molecule has 0 saturated carbocycles. The number of aromatic nitrogens is 3. The van der Waals surface area contributed by atoms with Crippen molar-refractivity contribution in [1.82, 2.24) is 13.9 Å². The van der Waals surface area contributed by atoms with Gasteiger partial charge in [0, 0.05) is 18.2 Å². The van der Waals surface area contributed by atoms with E-state index in [1.165, 1.54) is 11.7 Å². The van der Waals surface area contributed by atoms with Gasteiger partial charge in [0.1, 0.15) is 0 Å². The van der Waals surface area contributed by atoms with Crippen molar-refractivity contribution >= 4 is 5.70 Å². The first-order valence-corrected chi connectivity index (χ1v) is 9.14. The van der Waals surface area contributed by atoms with Crippen molar-refractivity contribution in [1.29, 1.82) is 0 Å². The van der Waals surface area contributed by atoms with Crippen molar-refractivity contribution in [2.24, 2.45) is 12.5 Å². The smallest absolute Gasteiger partial charge is 0.246 e. The van der Waals surface area contributed by atoms with Gasteiger partial charge in [-0.25, -0.2) is 23.5 Å². The fraction of sp³-hybridized carbons (Fsp3) is 0.273. The van der Waals surface area contributed by atoms with Crippen LogP contribution in [-0.2, 0) is 19.9 Å². The van der Waals surface area contributed by atoms with Crippen LogP contribution in [-0.4, -0.2) is 13.9 Å². The Morgan fingerprint density at radius 1 is 0.889 bits per heavy atom. The number of fused-ring (bicyclic) bond motifs is 1. The molecule has 4 rings (SSSR count). The van der Waals surface area contributed by atoms with E-state index in [0.717, 1.165) is 15.7 Å². The lowest BCUT2D eigenvalue weighted by molar-refractivity contribution is 0.275. The van der Waals surface area contributed by atoms with E-state index in [9.17, 15) is 9.59 Å². The van der Waals surface area contributed by atoms with E-state index in [0.29, 0.717) is 18.5 Å². The van der Waals surface area contributed by atoms with Crippen molar-refractivity contribution < 1.29 is 0 Å². The van der Waals surface area contributed by atoms with Crippen molar-refractivity contribution in [2.75, 3.05) is 0 Å². The predicted octanol–water partition coefficient (Wildman–Crippen LogP) is 2.87. The molecule has 0 fully saturated rings. The summed E-state index contributed by atoms with van der Waals surface area (Å²) in [5, 5.41) is 0. The Bertz CT molecular complexity index is 1060. The summed E-state index contributed by atoms with van der Waals surface area (Å²) in [5.41, 5.74) is 1.94. The number of allylic oxidation sites excluding steroid dienone is 1. The van der Waals surface area contributed by atoms with E-state index in [2.05, 4.69) is 30.8 Å². The SMILES string of the molecule is C=C1n2c(=O)n(C)c(=O)n2C(C)C1(Cc1ccccc1)Cc1ccccc1. The maximum absolute atomic E-state index is 12.7. The summed E-state index contributed by atoms with van der Waals surface area (Å²) in [7, 11) is 1.51. The van der Waals surface area contributed by atoms with Gasteiger partial charge in [0.2, 0.25) is 0 Å². The van der Waals surface area contributed by atoms with Crippen molar-refractivity contribution in [3.8, 4) is 0 Å². The lowest BCUT2D eigenvalue weighted by Gasteiger charge is -2.34. The van der Waals surface area contributed by atoms with Crippen LogP contribution < -0.4 is 11.4 Å². The quantitative estimate of drug-likeness (QED) is 0.717. The third-order valence-corrected chi connectivity index (χ3v) is 5.89. The number of hydrogen-bond donors (Lipinski definition) is 0. The van der Waals surface area contributed by atoms with Crippen molar-refractivity contribution in [2.45, 2.75) is 25.8 Å². The van der Waals surface area contributed by atoms with Crippen LogP contribution >= 0.6 is 0 Å². The molecule has 0 aliphatic carbocycles. The van der Waals surface area contributed by atoms with Crippen LogP contribution in [0.1, 0.15) is 24.1 Å². The number of nitrogens with zero attached hydrogens (tertiary/aromatic N) is 3. The van der Waals surface area contributed by atoms with Crippen molar-refractivity contribution in [3.05, 3.63) is 99.3 Å². The first kappa shape index (κ1) is 17.3. The average molecular weight is 361 g/mol. The molecule has 1 aromatic heterocycles. The summed E-state index contributed by atoms with van der Waals surface area (Å²) in [5.74, 6) is 0. The minimum absolute atomic E-state index is 0.188. The standard InChI is InChI=1S/C22H23N3O2/c1-16-22(14-18-10-6-4-7-11-18,15-19-12-8-5-9-13-19)17(2)25-21(27)23(3)20(26)24(16)25/h4-13,17H,1,14-15H2,2-3H3. The molecule has 2 heterocycles. The average Bonchev–Trinajstić information content (AvgIpc) is 3.03. The summed E-state index contributed by atoms with van der Waals surface area (Å²) in [6.07, 6.45) is 1.42. The van der Waals surface area contributed by atoms with Gasteiger partial charge < -0.3 is 0 Å². The molecule has 0 bridgehead atoms. The molecule has 3 aromatic rings. The fourth-order valence-corrected chi connectivity index (χ4v) is 4.31. The monoisotopic (exact) mass is 361 g/mol. The summed E-state index contributed by atoms with van der Waals surface area (Å²) in [6.45, 7) is 6.31. The Morgan fingerprint density at radius 3 is 1.81 bits per heavy atom. The highest BCUT2D eigenvalue weighted by atomic mass is 16.2. The summed E-state index contributed by atoms with van der Waals surface area (Å²) < 4.78 is 4.19. The van der Waals surface area contributed by atoms with E-state index < -0.39 is 5.41 Å². The molecule has 0 N–H and O–H groups in total. The Labute approximate surface area is 157 Å². The van der Waals surface area contributed by atoms with Gasteiger partial charge in [-0.05, 0) is 30.9 Å². The summed E-state index contributed by atoms with van der Waals surface area (Å²) in [4.78, 5) is 25.4. The highest BCUT2D eigenvalue weighted by Crippen LogP contribution is 2.49. The van der Waals surface area contributed by atoms with Crippen molar-refractivity contribution in [3.63, 3.8) is 0 Å². The summed E-state index contributed by atoms with van der Waals surface area (Å²) in [6, 6.07) is 20.2. The first-order chi connectivity index (χ1) is 13.0. The second-order valence-electron chi connectivity index (χ2n) is 7.38. The highest BCUT2D eigenvalue weighted by Gasteiger charge is 2.49. The zero-order chi connectivity index (χ0) is 19.2. The minimum atomic E-state index is -0.449. The van der Waals surface area contributed by atoms with Crippen LogP contribution in [0.2, 0.25) is 0 Å². The molecule has 1 atom stereocenters. The van der Waals surface area contributed by atoms with E-state index in [4.69, 9.17) is 0 Å². The van der Waals surface area contributed by atoms with Crippen LogP contribution in [0, 0.1) is 5.41 Å². The van der Waals surface area contributed by atoms with Crippen LogP contribution in [0.4, 0.5) is 0 Å². The molecule has 0 spiro atoms. The molecule has 0 amide bonds. The van der Waals surface area contributed by atoms with E-state index >= 15 is 0 Å². The van der Waals surface area contributed by atoms with Gasteiger partial charge >= 0.3 is 11.4 Å². The highest BCUT2D eigenvalue weighted by molar-refractivity contribution is 5.55. The molecule has 0 saturated heterocycles. The zero-order valence-corrected chi connectivity index (χ0v) is 15.6. The zero-order valence-electron chi connectivity index (χ0n) is 15.6. The third kappa shape index (κ3) is 2.53. The molecule has 0 radical (unpaired) electrons. The molecule has 5 nitrogen and oxygen atoms in total. The molecule has 1 aliphatic heterocycles. The molecule has 138 valence electrons. The number of hydrogen-bond acceptors (Lipinski definition) is 2. The maximum atomic E-state index is 12.7. The third-order valence-electron chi connectivity index (χ3n) is 5.89. The van der Waals surface area contributed by atoms with Crippen LogP contribution in [0.3, 0.4) is 0 Å². The molecule has 1 aliphatic rings. The lowest BCUT2D eigenvalue weighted by Crippen LogP contribution is -2.37. The summed E-state index contributed by atoms with van der Waals surface area (Å²) >= 11 is 0. The second kappa shape index (κ2) is 6.27. The lowest BCUT2D eigenvalue weighted by atomic mass is 9.70. The number of benzene rings is 2. The fourth-order valence-electron chi connectivity index (χ4n) is 4.31. The van der Waals surface area contributed by atoms with Gasteiger partial charge in [0.05, 0.1) is 6.04 Å². The maximum Gasteiger partial charge on any atom is 0.351 e. The van der Waals surface area contributed by atoms with Crippen LogP contribution in [0.5, 0.6) is 0 Å². The second-order valence-corrected chi connectivity index (χ2v) is 7.38.